The third kappa shape index (κ3) is 2.63. The van der Waals surface area contributed by atoms with Gasteiger partial charge < -0.3 is 5.32 Å². The monoisotopic (exact) mass is 291 g/mol. The Morgan fingerprint density at radius 2 is 2.05 bits per heavy atom. The quantitative estimate of drug-likeness (QED) is 0.749. The predicted molar refractivity (Wildman–Crippen MR) is 87.4 cm³/mol. The van der Waals surface area contributed by atoms with Crippen molar-refractivity contribution in [3.05, 3.63) is 73.1 Å². The summed E-state index contributed by atoms with van der Waals surface area (Å²) in [5, 5.41) is 7.21. The Morgan fingerprint density at radius 1 is 1.27 bits per heavy atom. The predicted octanol–water partition coefficient (Wildman–Crippen LogP) is 3.36. The van der Waals surface area contributed by atoms with Crippen LogP contribution in [0.1, 0.15) is 18.5 Å². The maximum absolute atomic E-state index is 11.4. The summed E-state index contributed by atoms with van der Waals surface area (Å²) in [4.78, 5) is 11.4. The van der Waals surface area contributed by atoms with Crippen molar-refractivity contribution in [1.82, 2.24) is 14.9 Å². The first-order chi connectivity index (χ1) is 10.7. The third-order valence-electron chi connectivity index (χ3n) is 3.69. The highest BCUT2D eigenvalue weighted by Gasteiger charge is 2.09. The van der Waals surface area contributed by atoms with Crippen molar-refractivity contribution in [1.29, 1.82) is 0 Å². The van der Waals surface area contributed by atoms with Crippen LogP contribution in [0, 0.1) is 0 Å². The lowest BCUT2D eigenvalue weighted by Crippen LogP contribution is -2.24. The molecule has 2 heterocycles. The van der Waals surface area contributed by atoms with Crippen molar-refractivity contribution in [3.8, 4) is 11.1 Å². The smallest absolute Gasteiger partial charge is 0.243 e. The summed E-state index contributed by atoms with van der Waals surface area (Å²) >= 11 is 0. The lowest BCUT2D eigenvalue weighted by atomic mass is 10.0. The van der Waals surface area contributed by atoms with Crippen LogP contribution < -0.4 is 5.32 Å². The summed E-state index contributed by atoms with van der Waals surface area (Å²) in [7, 11) is 0. The fourth-order valence-corrected chi connectivity index (χ4v) is 2.46. The molecule has 1 N–H and O–H groups in total. The number of rotatable bonds is 4. The molecule has 2 aromatic heterocycles. The van der Waals surface area contributed by atoms with Crippen molar-refractivity contribution in [2.75, 3.05) is 0 Å². The van der Waals surface area contributed by atoms with Gasteiger partial charge in [0.25, 0.3) is 0 Å². The van der Waals surface area contributed by atoms with E-state index in [0.717, 1.165) is 22.2 Å². The van der Waals surface area contributed by atoms with Gasteiger partial charge in [0.2, 0.25) is 5.91 Å². The summed E-state index contributed by atoms with van der Waals surface area (Å²) < 4.78 is 1.86. The maximum Gasteiger partial charge on any atom is 0.243 e. The van der Waals surface area contributed by atoms with E-state index in [1.807, 2.05) is 54.2 Å². The van der Waals surface area contributed by atoms with E-state index in [9.17, 15) is 4.79 Å². The summed E-state index contributed by atoms with van der Waals surface area (Å²) in [6, 6.07) is 14.1. The van der Waals surface area contributed by atoms with Gasteiger partial charge >= 0.3 is 0 Å². The van der Waals surface area contributed by atoms with E-state index >= 15 is 0 Å². The number of carbonyl (C=O) groups excluding carboxylic acids is 1. The molecule has 0 unspecified atom stereocenters. The SMILES string of the molecule is C=CC(=O)N[C@H](C)c1ccc(-c2cnn3ccccc23)cc1. The largest absolute Gasteiger partial charge is 0.346 e. The molecule has 0 aliphatic carbocycles. The minimum atomic E-state index is -0.167. The Bertz CT molecular complexity index is 818. The van der Waals surface area contributed by atoms with E-state index < -0.39 is 0 Å². The number of nitrogens with one attached hydrogen (secondary N) is 1. The van der Waals surface area contributed by atoms with Gasteiger partial charge in [0.15, 0.2) is 0 Å². The number of aromatic nitrogens is 2. The van der Waals surface area contributed by atoms with Crippen LogP contribution in [-0.2, 0) is 4.79 Å². The van der Waals surface area contributed by atoms with Gasteiger partial charge in [-0.05, 0) is 36.3 Å². The van der Waals surface area contributed by atoms with E-state index in [0.29, 0.717) is 0 Å². The van der Waals surface area contributed by atoms with Gasteiger partial charge in [0.05, 0.1) is 17.8 Å². The van der Waals surface area contributed by atoms with Crippen LogP contribution in [0.3, 0.4) is 0 Å². The van der Waals surface area contributed by atoms with Crippen LogP contribution in [0.5, 0.6) is 0 Å². The molecule has 0 aliphatic rings. The number of carbonyl (C=O) groups is 1. The zero-order valence-corrected chi connectivity index (χ0v) is 12.4. The zero-order valence-electron chi connectivity index (χ0n) is 12.4. The zero-order chi connectivity index (χ0) is 15.5. The Balaban J connectivity index is 1.88. The molecule has 1 amide bonds. The molecule has 0 aliphatic heterocycles. The molecule has 0 radical (unpaired) electrons. The van der Waals surface area contributed by atoms with E-state index in [2.05, 4.69) is 29.1 Å². The number of benzene rings is 1. The van der Waals surface area contributed by atoms with Gasteiger partial charge in [0, 0.05) is 11.8 Å². The number of pyridine rings is 1. The molecular formula is C18H17N3O. The molecule has 0 fully saturated rings. The van der Waals surface area contributed by atoms with E-state index in [-0.39, 0.29) is 11.9 Å². The van der Waals surface area contributed by atoms with Gasteiger partial charge in [-0.25, -0.2) is 4.52 Å². The normalized spacial score (nSPS) is 12.0. The van der Waals surface area contributed by atoms with Crippen molar-refractivity contribution >= 4 is 11.4 Å². The molecule has 22 heavy (non-hydrogen) atoms. The second-order valence-electron chi connectivity index (χ2n) is 5.15. The number of amides is 1. The highest BCUT2D eigenvalue weighted by Crippen LogP contribution is 2.25. The Labute approximate surface area is 129 Å². The number of nitrogens with zero attached hydrogens (tertiary/aromatic N) is 2. The first kappa shape index (κ1) is 14.1. The molecule has 3 rings (SSSR count). The standard InChI is InChI=1S/C18H17N3O/c1-3-18(22)20-13(2)14-7-9-15(10-8-14)16-12-19-21-11-5-4-6-17(16)21/h3-13H,1H2,2H3,(H,20,22)/t13-/m1/s1. The maximum atomic E-state index is 11.4. The lowest BCUT2D eigenvalue weighted by molar-refractivity contribution is -0.117. The second kappa shape index (κ2) is 5.85. The van der Waals surface area contributed by atoms with Gasteiger partial charge in [0.1, 0.15) is 0 Å². The van der Waals surface area contributed by atoms with Gasteiger partial charge in [-0.15, -0.1) is 0 Å². The number of fused-ring (bicyclic) bond motifs is 1. The van der Waals surface area contributed by atoms with Crippen molar-refractivity contribution < 1.29 is 4.79 Å². The summed E-state index contributed by atoms with van der Waals surface area (Å²) in [6.07, 6.45) is 5.08. The summed E-state index contributed by atoms with van der Waals surface area (Å²) in [5.41, 5.74) is 4.32. The van der Waals surface area contributed by atoms with Gasteiger partial charge in [-0.2, -0.15) is 5.10 Å². The fourth-order valence-electron chi connectivity index (χ4n) is 2.46. The molecule has 1 aromatic carbocycles. The van der Waals surface area contributed by atoms with Crippen LogP contribution >= 0.6 is 0 Å². The average Bonchev–Trinajstić information content (AvgIpc) is 2.99. The highest BCUT2D eigenvalue weighted by molar-refractivity contribution is 5.87. The van der Waals surface area contributed by atoms with Gasteiger partial charge in [-0.1, -0.05) is 36.9 Å². The van der Waals surface area contributed by atoms with Crippen LogP contribution in [0.2, 0.25) is 0 Å². The molecule has 110 valence electrons. The molecule has 4 nitrogen and oxygen atoms in total. The molecule has 0 spiro atoms. The minimum absolute atomic E-state index is 0.0524. The topological polar surface area (TPSA) is 46.4 Å². The average molecular weight is 291 g/mol. The van der Waals surface area contributed by atoms with Crippen molar-refractivity contribution in [2.24, 2.45) is 0 Å². The van der Waals surface area contributed by atoms with Crippen molar-refractivity contribution in [2.45, 2.75) is 13.0 Å². The fraction of sp³-hybridized carbons (Fsp3) is 0.111. The van der Waals surface area contributed by atoms with Crippen LogP contribution in [0.25, 0.3) is 16.6 Å². The molecule has 3 aromatic rings. The van der Waals surface area contributed by atoms with E-state index in [4.69, 9.17) is 0 Å². The molecule has 1 atom stereocenters. The van der Waals surface area contributed by atoms with Crippen LogP contribution in [0.4, 0.5) is 0 Å². The first-order valence-electron chi connectivity index (χ1n) is 7.14. The van der Waals surface area contributed by atoms with E-state index in [1.54, 1.807) is 0 Å². The van der Waals surface area contributed by atoms with Crippen LogP contribution in [-0.4, -0.2) is 15.5 Å². The van der Waals surface area contributed by atoms with E-state index in [1.165, 1.54) is 6.08 Å². The third-order valence-corrected chi connectivity index (χ3v) is 3.69. The second-order valence-corrected chi connectivity index (χ2v) is 5.15. The molecule has 0 saturated heterocycles. The van der Waals surface area contributed by atoms with Crippen LogP contribution in [0.15, 0.2) is 67.5 Å². The molecule has 4 heteroatoms. The highest BCUT2D eigenvalue weighted by atomic mass is 16.1. The van der Waals surface area contributed by atoms with Gasteiger partial charge in [-0.3, -0.25) is 4.79 Å². The van der Waals surface area contributed by atoms with Crippen molar-refractivity contribution in [3.63, 3.8) is 0 Å². The number of hydrogen-bond acceptors (Lipinski definition) is 2. The minimum Gasteiger partial charge on any atom is -0.346 e. The summed E-state index contributed by atoms with van der Waals surface area (Å²) in [5.74, 6) is -0.167. The Kier molecular flexibility index (Phi) is 3.74. The first-order valence-corrected chi connectivity index (χ1v) is 7.14. The molecule has 0 saturated carbocycles. The lowest BCUT2D eigenvalue weighted by Gasteiger charge is -2.13. The molecular weight excluding hydrogens is 274 g/mol. The Hall–Kier alpha value is -2.88. The molecule has 0 bridgehead atoms. The summed E-state index contributed by atoms with van der Waals surface area (Å²) in [6.45, 7) is 5.41. The number of hydrogen-bond donors (Lipinski definition) is 1. The Morgan fingerprint density at radius 3 is 2.77 bits per heavy atom.